The average Bonchev–Trinajstić information content (AvgIpc) is 3.41. The van der Waals surface area contributed by atoms with Gasteiger partial charge in [0.25, 0.3) is 5.91 Å². The highest BCUT2D eigenvalue weighted by atomic mass is 19.4. The standard InChI is InChI=1S/C22H20F4N4O2/c1-12-4-5-13-9-14(23)6-7-17(13)29(12)21(31)16-11-20-27-15(18-3-2-8-32-18)10-19(22(24,25)26)30(20)28-16/h2-3,6-9,11-12,15,19,27H,4-5,10H2,1H3. The van der Waals surface area contributed by atoms with Gasteiger partial charge in [-0.15, -0.1) is 0 Å². The van der Waals surface area contributed by atoms with E-state index in [0.717, 1.165) is 4.68 Å². The Labute approximate surface area is 180 Å². The second kappa shape index (κ2) is 7.39. The summed E-state index contributed by atoms with van der Waals surface area (Å²) in [5, 5.41) is 7.06. The van der Waals surface area contributed by atoms with Crippen LogP contribution in [0.2, 0.25) is 0 Å². The molecule has 0 spiro atoms. The highest BCUT2D eigenvalue weighted by Crippen LogP contribution is 2.44. The van der Waals surface area contributed by atoms with Crippen molar-refractivity contribution in [1.29, 1.82) is 0 Å². The number of hydrogen-bond acceptors (Lipinski definition) is 4. The van der Waals surface area contributed by atoms with Crippen molar-refractivity contribution in [1.82, 2.24) is 9.78 Å². The summed E-state index contributed by atoms with van der Waals surface area (Å²) < 4.78 is 61.3. The van der Waals surface area contributed by atoms with Gasteiger partial charge in [0.1, 0.15) is 17.4 Å². The zero-order valence-corrected chi connectivity index (χ0v) is 17.1. The maximum absolute atomic E-state index is 13.8. The van der Waals surface area contributed by atoms with Crippen LogP contribution in [0.5, 0.6) is 0 Å². The van der Waals surface area contributed by atoms with Crippen LogP contribution in [0.15, 0.2) is 47.1 Å². The maximum Gasteiger partial charge on any atom is 0.410 e. The molecule has 0 aliphatic carbocycles. The lowest BCUT2D eigenvalue weighted by Gasteiger charge is -2.34. The Bertz CT molecular complexity index is 1160. The Kier molecular flexibility index (Phi) is 4.75. The fourth-order valence-corrected chi connectivity index (χ4v) is 4.51. The monoisotopic (exact) mass is 448 g/mol. The molecule has 6 nitrogen and oxygen atoms in total. The third-order valence-electron chi connectivity index (χ3n) is 6.09. The lowest BCUT2D eigenvalue weighted by atomic mass is 9.96. The molecule has 1 N–H and O–H groups in total. The van der Waals surface area contributed by atoms with Gasteiger partial charge in [-0.3, -0.25) is 4.79 Å². The Morgan fingerprint density at radius 3 is 2.78 bits per heavy atom. The SMILES string of the molecule is CC1CCc2cc(F)ccc2N1C(=O)c1cc2n(n1)C(C(F)(F)F)CC(c1ccco1)N2. The lowest BCUT2D eigenvalue weighted by Crippen LogP contribution is -2.42. The molecule has 2 aliphatic rings. The van der Waals surface area contributed by atoms with Crippen LogP contribution < -0.4 is 10.2 Å². The molecule has 3 aromatic rings. The first-order chi connectivity index (χ1) is 15.2. The molecule has 3 unspecified atom stereocenters. The molecule has 32 heavy (non-hydrogen) atoms. The number of anilines is 2. The van der Waals surface area contributed by atoms with E-state index in [1.807, 2.05) is 6.92 Å². The number of fused-ring (bicyclic) bond motifs is 2. The third-order valence-corrected chi connectivity index (χ3v) is 6.09. The van der Waals surface area contributed by atoms with E-state index >= 15 is 0 Å². The van der Waals surface area contributed by atoms with E-state index in [1.54, 1.807) is 12.1 Å². The van der Waals surface area contributed by atoms with E-state index < -0.39 is 30.0 Å². The van der Waals surface area contributed by atoms with Gasteiger partial charge in [0.2, 0.25) is 0 Å². The molecule has 3 atom stereocenters. The molecular weight excluding hydrogens is 428 g/mol. The Balaban J connectivity index is 1.52. The summed E-state index contributed by atoms with van der Waals surface area (Å²) in [6, 6.07) is 5.91. The molecule has 0 bridgehead atoms. The summed E-state index contributed by atoms with van der Waals surface area (Å²) >= 11 is 0. The number of halogens is 4. The lowest BCUT2D eigenvalue weighted by molar-refractivity contribution is -0.174. The van der Waals surface area contributed by atoms with Crippen LogP contribution in [0.4, 0.5) is 29.1 Å². The summed E-state index contributed by atoms with van der Waals surface area (Å²) in [6.07, 6.45) is -2.25. The van der Waals surface area contributed by atoms with E-state index in [0.29, 0.717) is 29.9 Å². The zero-order valence-electron chi connectivity index (χ0n) is 17.1. The molecule has 5 rings (SSSR count). The summed E-state index contributed by atoms with van der Waals surface area (Å²) in [5.74, 6) is -0.457. The number of furan rings is 1. The molecule has 1 aromatic carbocycles. The number of rotatable bonds is 2. The van der Waals surface area contributed by atoms with Crippen LogP contribution >= 0.6 is 0 Å². The minimum absolute atomic E-state index is 0.0901. The van der Waals surface area contributed by atoms with Crippen molar-refractivity contribution in [2.24, 2.45) is 0 Å². The van der Waals surface area contributed by atoms with Crippen LogP contribution in [-0.2, 0) is 6.42 Å². The van der Waals surface area contributed by atoms with Crippen LogP contribution in [0.3, 0.4) is 0 Å². The van der Waals surface area contributed by atoms with Crippen molar-refractivity contribution in [2.75, 3.05) is 10.2 Å². The van der Waals surface area contributed by atoms with Gasteiger partial charge in [-0.1, -0.05) is 0 Å². The van der Waals surface area contributed by atoms with Crippen LogP contribution in [0.25, 0.3) is 0 Å². The molecule has 10 heteroatoms. The third kappa shape index (κ3) is 3.43. The highest BCUT2D eigenvalue weighted by Gasteiger charge is 2.47. The number of carbonyl (C=O) groups excluding carboxylic acids is 1. The second-order valence-corrected chi connectivity index (χ2v) is 8.20. The van der Waals surface area contributed by atoms with E-state index in [9.17, 15) is 22.4 Å². The smallest absolute Gasteiger partial charge is 0.410 e. The van der Waals surface area contributed by atoms with Gasteiger partial charge >= 0.3 is 6.18 Å². The van der Waals surface area contributed by atoms with Crippen molar-refractivity contribution in [3.05, 3.63) is 65.5 Å². The normalized spacial score (nSPS) is 22.8. The number of hydrogen-bond donors (Lipinski definition) is 1. The number of alkyl halides is 3. The van der Waals surface area contributed by atoms with Crippen LogP contribution in [-0.4, -0.2) is 27.9 Å². The molecule has 1 amide bonds. The second-order valence-electron chi connectivity index (χ2n) is 8.20. The van der Waals surface area contributed by atoms with Crippen molar-refractivity contribution in [3.63, 3.8) is 0 Å². The predicted octanol–water partition coefficient (Wildman–Crippen LogP) is 5.26. The summed E-state index contributed by atoms with van der Waals surface area (Å²) in [6.45, 7) is 1.85. The molecule has 0 radical (unpaired) electrons. The topological polar surface area (TPSA) is 63.3 Å². The van der Waals surface area contributed by atoms with Gasteiger partial charge in [0, 0.05) is 24.2 Å². The molecule has 168 valence electrons. The molecular formula is C22H20F4N4O2. The van der Waals surface area contributed by atoms with E-state index in [4.69, 9.17) is 4.42 Å². The van der Waals surface area contributed by atoms with E-state index in [-0.39, 0.29) is 24.0 Å². The summed E-state index contributed by atoms with van der Waals surface area (Å²) in [5.41, 5.74) is 1.13. The largest absolute Gasteiger partial charge is 0.467 e. The fraction of sp³-hybridized carbons (Fsp3) is 0.364. The van der Waals surface area contributed by atoms with Gasteiger partial charge in [0.15, 0.2) is 11.7 Å². The predicted molar refractivity (Wildman–Crippen MR) is 108 cm³/mol. The van der Waals surface area contributed by atoms with Crippen molar-refractivity contribution >= 4 is 17.4 Å². The fourth-order valence-electron chi connectivity index (χ4n) is 4.51. The zero-order chi connectivity index (χ0) is 22.6. The molecule has 0 fully saturated rings. The molecule has 2 aromatic heterocycles. The molecule has 2 aliphatic heterocycles. The van der Waals surface area contributed by atoms with Crippen molar-refractivity contribution < 1.29 is 26.8 Å². The molecule has 4 heterocycles. The van der Waals surface area contributed by atoms with Gasteiger partial charge in [-0.2, -0.15) is 18.3 Å². The number of aryl methyl sites for hydroxylation is 1. The van der Waals surface area contributed by atoms with E-state index in [2.05, 4.69) is 10.4 Å². The van der Waals surface area contributed by atoms with Crippen LogP contribution in [0.1, 0.15) is 53.7 Å². The summed E-state index contributed by atoms with van der Waals surface area (Å²) in [7, 11) is 0. The van der Waals surface area contributed by atoms with Gasteiger partial charge in [0.05, 0.1) is 12.3 Å². The first-order valence-electron chi connectivity index (χ1n) is 10.3. The van der Waals surface area contributed by atoms with Crippen LogP contribution in [0, 0.1) is 5.82 Å². The van der Waals surface area contributed by atoms with Gasteiger partial charge in [-0.05, 0) is 55.7 Å². The quantitative estimate of drug-likeness (QED) is 0.544. The molecule has 0 saturated carbocycles. The first kappa shape index (κ1) is 20.6. The van der Waals surface area contributed by atoms with Crippen molar-refractivity contribution in [3.8, 4) is 0 Å². The minimum Gasteiger partial charge on any atom is -0.467 e. The van der Waals surface area contributed by atoms with E-state index in [1.165, 1.54) is 35.4 Å². The average molecular weight is 448 g/mol. The number of carbonyl (C=O) groups is 1. The number of nitrogens with zero attached hydrogens (tertiary/aromatic N) is 3. The Hall–Kier alpha value is -3.30. The molecule has 0 saturated heterocycles. The summed E-state index contributed by atoms with van der Waals surface area (Å²) in [4.78, 5) is 14.9. The number of aromatic nitrogens is 2. The number of benzene rings is 1. The maximum atomic E-state index is 13.8. The highest BCUT2D eigenvalue weighted by molar-refractivity contribution is 6.06. The Morgan fingerprint density at radius 2 is 2.06 bits per heavy atom. The minimum atomic E-state index is -4.56. The number of nitrogens with one attached hydrogen (secondary N) is 1. The van der Waals surface area contributed by atoms with Gasteiger partial charge in [-0.25, -0.2) is 9.07 Å². The first-order valence-corrected chi connectivity index (χ1v) is 10.3. The van der Waals surface area contributed by atoms with Crippen molar-refractivity contribution in [2.45, 2.75) is 50.5 Å². The Morgan fingerprint density at radius 1 is 1.25 bits per heavy atom. The van der Waals surface area contributed by atoms with Gasteiger partial charge < -0.3 is 14.6 Å². The number of amides is 1.